The molecule has 40 heavy (non-hydrogen) atoms. The molecule has 1 heterocycles. The molecule has 198 valence electrons. The Labute approximate surface area is 238 Å². The van der Waals surface area contributed by atoms with E-state index in [9.17, 15) is 9.90 Å². The average Bonchev–Trinajstić information content (AvgIpc) is 3.26. The summed E-state index contributed by atoms with van der Waals surface area (Å²) in [6, 6.07) is 30.2. The Hall–Kier alpha value is -4.83. The highest BCUT2D eigenvalue weighted by Gasteiger charge is 2.19. The first-order chi connectivity index (χ1) is 19.4. The van der Waals surface area contributed by atoms with E-state index in [1.54, 1.807) is 30.3 Å². The number of rotatable bonds is 6. The SMILES string of the molecule is CN(C)Cc1ccc(N=C(c2ccccc2)c2c(O)[nH]c3cc(C#CC(=O)Nc4cccc(Cl)c4)ccc23)cc1. The smallest absolute Gasteiger partial charge is 0.300 e. The maximum atomic E-state index is 12.3. The molecule has 1 amide bonds. The molecule has 0 radical (unpaired) electrons. The van der Waals surface area contributed by atoms with Gasteiger partial charge in [-0.05, 0) is 62.1 Å². The molecule has 4 aromatic carbocycles. The summed E-state index contributed by atoms with van der Waals surface area (Å²) in [5, 5.41) is 15.1. The van der Waals surface area contributed by atoms with Gasteiger partial charge in [-0.3, -0.25) is 4.79 Å². The van der Waals surface area contributed by atoms with Crippen molar-refractivity contribution in [3.05, 3.63) is 124 Å². The third-order valence-electron chi connectivity index (χ3n) is 6.14. The predicted molar refractivity (Wildman–Crippen MR) is 162 cm³/mol. The molecule has 5 rings (SSSR count). The number of carbonyl (C=O) groups is 1. The summed E-state index contributed by atoms with van der Waals surface area (Å²) in [5.74, 6) is 5.05. The number of aromatic hydroxyl groups is 1. The molecule has 7 heteroatoms. The van der Waals surface area contributed by atoms with Crippen LogP contribution in [0, 0.1) is 11.8 Å². The first kappa shape index (κ1) is 26.8. The van der Waals surface area contributed by atoms with Crippen LogP contribution >= 0.6 is 11.6 Å². The molecule has 5 aromatic rings. The van der Waals surface area contributed by atoms with Crippen molar-refractivity contribution in [3.63, 3.8) is 0 Å². The maximum absolute atomic E-state index is 12.3. The van der Waals surface area contributed by atoms with Crippen molar-refractivity contribution >= 4 is 45.5 Å². The van der Waals surface area contributed by atoms with Crippen LogP contribution in [-0.2, 0) is 11.3 Å². The molecule has 0 spiro atoms. The van der Waals surface area contributed by atoms with Gasteiger partial charge in [-0.2, -0.15) is 0 Å². The summed E-state index contributed by atoms with van der Waals surface area (Å²) in [5.41, 5.74) is 5.95. The number of halogens is 1. The third-order valence-corrected chi connectivity index (χ3v) is 6.38. The summed E-state index contributed by atoms with van der Waals surface area (Å²) in [6.45, 7) is 0.840. The first-order valence-corrected chi connectivity index (χ1v) is 13.0. The normalized spacial score (nSPS) is 11.3. The molecule has 0 fully saturated rings. The zero-order valence-electron chi connectivity index (χ0n) is 22.1. The van der Waals surface area contributed by atoms with Crippen molar-refractivity contribution in [2.45, 2.75) is 6.54 Å². The lowest BCUT2D eigenvalue weighted by Gasteiger charge is -2.10. The van der Waals surface area contributed by atoms with Gasteiger partial charge >= 0.3 is 5.91 Å². The van der Waals surface area contributed by atoms with Gasteiger partial charge in [0.05, 0.1) is 22.5 Å². The molecule has 0 aliphatic rings. The first-order valence-electron chi connectivity index (χ1n) is 12.7. The second-order valence-electron chi connectivity index (χ2n) is 9.55. The van der Waals surface area contributed by atoms with Gasteiger partial charge in [0.2, 0.25) is 0 Å². The van der Waals surface area contributed by atoms with Crippen molar-refractivity contribution in [1.82, 2.24) is 9.88 Å². The van der Waals surface area contributed by atoms with Gasteiger partial charge in [0.25, 0.3) is 0 Å². The number of H-pyrrole nitrogens is 1. The second kappa shape index (κ2) is 11.9. The van der Waals surface area contributed by atoms with Gasteiger partial charge < -0.3 is 20.3 Å². The van der Waals surface area contributed by atoms with Crippen LogP contribution in [0.3, 0.4) is 0 Å². The Kier molecular flexibility index (Phi) is 7.97. The van der Waals surface area contributed by atoms with Crippen molar-refractivity contribution in [2.24, 2.45) is 4.99 Å². The molecule has 0 saturated heterocycles. The molecular weight excluding hydrogens is 520 g/mol. The fourth-order valence-corrected chi connectivity index (χ4v) is 4.58. The van der Waals surface area contributed by atoms with Crippen LogP contribution < -0.4 is 5.32 Å². The largest absolute Gasteiger partial charge is 0.494 e. The fraction of sp³-hybridized carbons (Fsp3) is 0.0909. The van der Waals surface area contributed by atoms with E-state index < -0.39 is 5.91 Å². The van der Waals surface area contributed by atoms with Crippen LogP contribution in [-0.4, -0.2) is 40.7 Å². The van der Waals surface area contributed by atoms with Gasteiger partial charge in [0.15, 0.2) is 5.88 Å². The van der Waals surface area contributed by atoms with Crippen LogP contribution in [0.5, 0.6) is 5.88 Å². The summed E-state index contributed by atoms with van der Waals surface area (Å²) < 4.78 is 0. The lowest BCUT2D eigenvalue weighted by molar-refractivity contribution is -0.111. The van der Waals surface area contributed by atoms with Crippen molar-refractivity contribution < 1.29 is 9.90 Å². The third kappa shape index (κ3) is 6.41. The second-order valence-corrected chi connectivity index (χ2v) is 9.99. The van der Waals surface area contributed by atoms with Gasteiger partial charge in [-0.25, -0.2) is 4.99 Å². The number of aliphatic imine (C=N–C) groups is 1. The van der Waals surface area contributed by atoms with E-state index in [2.05, 4.69) is 39.2 Å². The van der Waals surface area contributed by atoms with Crippen molar-refractivity contribution in [2.75, 3.05) is 19.4 Å². The molecule has 0 aliphatic heterocycles. The van der Waals surface area contributed by atoms with Gasteiger partial charge in [0.1, 0.15) is 0 Å². The lowest BCUT2D eigenvalue weighted by atomic mass is 10.00. The number of benzene rings is 4. The van der Waals surface area contributed by atoms with Crippen LogP contribution in [0.1, 0.15) is 22.3 Å². The quantitative estimate of drug-likeness (QED) is 0.163. The number of amides is 1. The predicted octanol–water partition coefficient (Wildman–Crippen LogP) is 6.75. The van der Waals surface area contributed by atoms with E-state index in [1.165, 1.54) is 5.56 Å². The summed E-state index contributed by atoms with van der Waals surface area (Å²) in [7, 11) is 4.07. The van der Waals surface area contributed by atoms with E-state index in [4.69, 9.17) is 16.6 Å². The lowest BCUT2D eigenvalue weighted by Crippen LogP contribution is -2.10. The summed E-state index contributed by atoms with van der Waals surface area (Å²) in [6.07, 6.45) is 0. The molecule has 3 N–H and O–H groups in total. The molecule has 0 unspecified atom stereocenters. The highest BCUT2D eigenvalue weighted by Crippen LogP contribution is 2.32. The zero-order valence-corrected chi connectivity index (χ0v) is 22.8. The Balaban J connectivity index is 1.48. The number of hydrogen-bond acceptors (Lipinski definition) is 4. The van der Waals surface area contributed by atoms with E-state index >= 15 is 0 Å². The monoisotopic (exact) mass is 546 g/mol. The minimum Gasteiger partial charge on any atom is -0.494 e. The maximum Gasteiger partial charge on any atom is 0.300 e. The Morgan fingerprint density at radius 3 is 2.48 bits per heavy atom. The van der Waals surface area contributed by atoms with E-state index in [-0.39, 0.29) is 5.88 Å². The molecule has 0 saturated carbocycles. The molecular formula is C33H27ClN4O2. The number of nitrogens with zero attached hydrogens (tertiary/aromatic N) is 2. The minimum atomic E-state index is -0.451. The minimum absolute atomic E-state index is 0.00522. The zero-order chi connectivity index (χ0) is 28.1. The standard InChI is InChI=1S/C33H27ClN4O2/c1-38(2)21-23-11-15-26(16-12-23)36-32(24-7-4-3-5-8-24)31-28-17-13-22(19-29(28)37-33(31)40)14-18-30(39)35-27-10-6-9-25(34)20-27/h3-13,15-17,19-20,37,40H,21H2,1-2H3,(H,35,39). The molecule has 1 aromatic heterocycles. The van der Waals surface area contributed by atoms with Crippen LogP contribution in [0.2, 0.25) is 5.02 Å². The van der Waals surface area contributed by atoms with Crippen LogP contribution in [0.4, 0.5) is 11.4 Å². The van der Waals surface area contributed by atoms with Gasteiger partial charge in [-0.15, -0.1) is 0 Å². The highest BCUT2D eigenvalue weighted by molar-refractivity contribution is 6.31. The number of aromatic nitrogens is 1. The fourth-order valence-electron chi connectivity index (χ4n) is 4.39. The molecule has 6 nitrogen and oxygen atoms in total. The van der Waals surface area contributed by atoms with Crippen LogP contribution in [0.25, 0.3) is 10.9 Å². The number of hydrogen-bond donors (Lipinski definition) is 3. The van der Waals surface area contributed by atoms with Gasteiger partial charge in [0, 0.05) is 39.7 Å². The number of nitrogens with one attached hydrogen (secondary N) is 2. The summed E-state index contributed by atoms with van der Waals surface area (Å²) in [4.78, 5) is 22.4. The molecule has 0 aliphatic carbocycles. The Bertz CT molecular complexity index is 1760. The average molecular weight is 547 g/mol. The topological polar surface area (TPSA) is 80.7 Å². The van der Waals surface area contributed by atoms with Crippen LogP contribution in [0.15, 0.2) is 102 Å². The number of carbonyl (C=O) groups excluding carboxylic acids is 1. The van der Waals surface area contributed by atoms with Gasteiger partial charge in [-0.1, -0.05) is 72.1 Å². The van der Waals surface area contributed by atoms with Crippen molar-refractivity contribution in [1.29, 1.82) is 0 Å². The molecule has 0 bridgehead atoms. The van der Waals surface area contributed by atoms with E-state index in [0.29, 0.717) is 33.1 Å². The van der Waals surface area contributed by atoms with E-state index in [1.807, 2.05) is 68.7 Å². The molecule has 0 atom stereocenters. The number of anilines is 1. The van der Waals surface area contributed by atoms with E-state index in [0.717, 1.165) is 23.2 Å². The highest BCUT2D eigenvalue weighted by atomic mass is 35.5. The van der Waals surface area contributed by atoms with Crippen molar-refractivity contribution in [3.8, 4) is 17.7 Å². The number of aromatic amines is 1. The Morgan fingerprint density at radius 1 is 0.975 bits per heavy atom. The number of fused-ring (bicyclic) bond motifs is 1. The Morgan fingerprint density at radius 2 is 1.75 bits per heavy atom. The summed E-state index contributed by atoms with van der Waals surface area (Å²) >= 11 is 5.98.